The Balaban J connectivity index is 1.93. The largest absolute Gasteiger partial charge is 0.328 e. The molecule has 1 N–H and O–H groups in total. The Kier molecular flexibility index (Phi) is 9.20. The summed E-state index contributed by atoms with van der Waals surface area (Å²) in [6, 6.07) is 11.4. The van der Waals surface area contributed by atoms with Gasteiger partial charge in [-0.15, -0.1) is 0 Å². The fraction of sp³-hybridized carbons (Fsp3) is 0.541. The third-order valence-electron chi connectivity index (χ3n) is 9.54. The number of hydrogen-bond donors (Lipinski definition) is 1. The first-order valence-corrected chi connectivity index (χ1v) is 16.0. The van der Waals surface area contributed by atoms with Crippen LogP contribution in [0.15, 0.2) is 46.5 Å². The second-order valence-electron chi connectivity index (χ2n) is 13.8. The molecule has 5 nitrogen and oxygen atoms in total. The van der Waals surface area contributed by atoms with Crippen molar-refractivity contribution in [1.29, 1.82) is 0 Å². The van der Waals surface area contributed by atoms with E-state index in [1.807, 2.05) is 0 Å². The fourth-order valence-electron chi connectivity index (χ4n) is 5.87. The van der Waals surface area contributed by atoms with Crippen LogP contribution in [0.25, 0.3) is 17.1 Å². The Morgan fingerprint density at radius 1 is 0.881 bits per heavy atom. The zero-order valence-corrected chi connectivity index (χ0v) is 28.4. The highest BCUT2D eigenvalue weighted by Gasteiger charge is 2.35. The highest BCUT2D eigenvalue weighted by atomic mass is 15.2. The number of imidazole rings is 1. The first kappa shape index (κ1) is 31.7. The molecule has 226 valence electrons. The SMILES string of the molecule is CCCCc1c[n+](-c2c(C)cc(C)cc2C)c(-c2cc(C3=NC(C(C)(C)CC)N=C(C(C)(C)CC)N3)ccc2C)n1C. The van der Waals surface area contributed by atoms with Crippen molar-refractivity contribution in [3.8, 4) is 17.1 Å². The smallest absolute Gasteiger partial charge is 0.294 e. The molecule has 0 radical (unpaired) electrons. The third kappa shape index (κ3) is 6.11. The van der Waals surface area contributed by atoms with Crippen LogP contribution in [0.4, 0.5) is 0 Å². The molecule has 4 rings (SSSR count). The van der Waals surface area contributed by atoms with Crippen molar-refractivity contribution in [3.63, 3.8) is 0 Å². The van der Waals surface area contributed by atoms with Crippen molar-refractivity contribution in [3.05, 3.63) is 70.0 Å². The highest BCUT2D eigenvalue weighted by Crippen LogP contribution is 2.34. The molecule has 3 aromatic rings. The number of rotatable bonds is 10. The minimum atomic E-state index is -0.122. The van der Waals surface area contributed by atoms with Crippen molar-refractivity contribution < 1.29 is 4.57 Å². The first-order valence-electron chi connectivity index (χ1n) is 16.0. The molecule has 0 amide bonds. The molecule has 0 saturated carbocycles. The van der Waals surface area contributed by atoms with Gasteiger partial charge in [-0.05, 0) is 69.7 Å². The molecular weight excluding hydrogens is 514 g/mol. The van der Waals surface area contributed by atoms with Crippen molar-refractivity contribution in [2.45, 2.75) is 114 Å². The number of nitrogens with zero attached hydrogens (tertiary/aromatic N) is 4. The number of benzene rings is 2. The lowest BCUT2D eigenvalue weighted by molar-refractivity contribution is -0.584. The lowest BCUT2D eigenvalue weighted by atomic mass is 9.84. The van der Waals surface area contributed by atoms with E-state index >= 15 is 0 Å². The van der Waals surface area contributed by atoms with Crippen LogP contribution in [0.1, 0.15) is 108 Å². The minimum absolute atomic E-state index is 0.0360. The maximum atomic E-state index is 5.25. The Bertz CT molecular complexity index is 1490. The second kappa shape index (κ2) is 12.2. The number of aryl methyl sites for hydroxylation is 5. The van der Waals surface area contributed by atoms with E-state index in [9.17, 15) is 0 Å². The third-order valence-corrected chi connectivity index (χ3v) is 9.54. The number of amidine groups is 2. The van der Waals surface area contributed by atoms with Gasteiger partial charge in [0.15, 0.2) is 0 Å². The number of unbranched alkanes of at least 4 members (excludes halogenated alkanes) is 1. The number of nitrogens with one attached hydrogen (secondary N) is 1. The van der Waals surface area contributed by atoms with Gasteiger partial charge in [0.25, 0.3) is 5.82 Å². The maximum Gasteiger partial charge on any atom is 0.294 e. The van der Waals surface area contributed by atoms with E-state index in [1.54, 1.807) is 0 Å². The number of hydrogen-bond acceptors (Lipinski definition) is 3. The van der Waals surface area contributed by atoms with Gasteiger partial charge < -0.3 is 5.32 Å². The predicted octanol–water partition coefficient (Wildman–Crippen LogP) is 8.49. The quantitative estimate of drug-likeness (QED) is 0.245. The summed E-state index contributed by atoms with van der Waals surface area (Å²) < 4.78 is 4.85. The molecule has 0 bridgehead atoms. The standard InChI is InChI=1S/C37H54N5/c1-13-16-17-29-23-42(31-26(6)20-24(4)21-27(31)7)33(41(29)12)30-22-28(19-18-25(30)5)32-38-34(36(8,9)14-2)40-35(39-32)37(10,11)15-3/h18-23,34H,13-17H2,1-12H3,(H,38,39,40)/q+1. The molecule has 42 heavy (non-hydrogen) atoms. The van der Waals surface area contributed by atoms with Crippen LogP contribution in [-0.2, 0) is 13.5 Å². The van der Waals surface area contributed by atoms with E-state index < -0.39 is 0 Å². The Hall–Kier alpha value is -3.21. The first-order chi connectivity index (χ1) is 19.7. The molecular formula is C37H54N5+. The summed E-state index contributed by atoms with van der Waals surface area (Å²) in [5.74, 6) is 3.16. The molecule has 0 spiro atoms. The van der Waals surface area contributed by atoms with Gasteiger partial charge in [0, 0.05) is 22.8 Å². The average Bonchev–Trinajstić information content (AvgIpc) is 3.26. The molecule has 1 unspecified atom stereocenters. The average molecular weight is 569 g/mol. The summed E-state index contributed by atoms with van der Waals surface area (Å²) in [5, 5.41) is 3.69. The van der Waals surface area contributed by atoms with Crippen LogP contribution in [0.5, 0.6) is 0 Å². The summed E-state index contributed by atoms with van der Waals surface area (Å²) in [7, 11) is 2.23. The van der Waals surface area contributed by atoms with Gasteiger partial charge in [-0.3, -0.25) is 0 Å². The molecule has 0 saturated heterocycles. The minimum Gasteiger partial charge on any atom is -0.328 e. The molecule has 1 atom stereocenters. The zero-order valence-electron chi connectivity index (χ0n) is 28.4. The van der Waals surface area contributed by atoms with Crippen molar-refractivity contribution in [1.82, 2.24) is 9.88 Å². The van der Waals surface area contributed by atoms with Gasteiger partial charge in [-0.1, -0.05) is 84.7 Å². The van der Waals surface area contributed by atoms with E-state index in [1.165, 1.54) is 57.9 Å². The highest BCUT2D eigenvalue weighted by molar-refractivity contribution is 6.12. The van der Waals surface area contributed by atoms with Gasteiger partial charge in [0.05, 0.1) is 12.6 Å². The topological polar surface area (TPSA) is 45.6 Å². The molecule has 2 heterocycles. The Morgan fingerprint density at radius 3 is 2.14 bits per heavy atom. The maximum absolute atomic E-state index is 5.25. The second-order valence-corrected chi connectivity index (χ2v) is 13.8. The Labute approximate surface area is 255 Å². The van der Waals surface area contributed by atoms with Gasteiger partial charge in [-0.25, -0.2) is 14.6 Å². The van der Waals surface area contributed by atoms with Crippen LogP contribution in [-0.4, -0.2) is 22.4 Å². The van der Waals surface area contributed by atoms with Crippen molar-refractivity contribution in [2.75, 3.05) is 0 Å². The van der Waals surface area contributed by atoms with Gasteiger partial charge in [0.2, 0.25) is 0 Å². The van der Waals surface area contributed by atoms with E-state index in [0.29, 0.717) is 0 Å². The Morgan fingerprint density at radius 2 is 1.55 bits per heavy atom. The molecule has 1 aliphatic heterocycles. The van der Waals surface area contributed by atoms with Crippen LogP contribution in [0.3, 0.4) is 0 Å². The fourth-order valence-corrected chi connectivity index (χ4v) is 5.87. The summed E-state index contributed by atoms with van der Waals surface area (Å²) in [6.07, 6.45) is 7.67. The van der Waals surface area contributed by atoms with Crippen LogP contribution >= 0.6 is 0 Å². The summed E-state index contributed by atoms with van der Waals surface area (Å²) in [6.45, 7) is 24.7. The van der Waals surface area contributed by atoms with Gasteiger partial charge >= 0.3 is 0 Å². The summed E-state index contributed by atoms with van der Waals surface area (Å²) >= 11 is 0. The van der Waals surface area contributed by atoms with E-state index in [2.05, 4.69) is 134 Å². The van der Waals surface area contributed by atoms with Crippen molar-refractivity contribution >= 4 is 11.7 Å². The molecule has 1 aromatic heterocycles. The number of aromatic nitrogens is 2. The number of aliphatic imine (C=N–C) groups is 2. The molecule has 2 aromatic carbocycles. The van der Waals surface area contributed by atoms with E-state index in [-0.39, 0.29) is 17.0 Å². The van der Waals surface area contributed by atoms with Crippen molar-refractivity contribution in [2.24, 2.45) is 27.9 Å². The molecule has 5 heteroatoms. The summed E-state index contributed by atoms with van der Waals surface area (Å²) in [5.41, 5.74) is 10.0. The van der Waals surface area contributed by atoms with Crippen LogP contribution in [0.2, 0.25) is 0 Å². The molecule has 0 fully saturated rings. The van der Waals surface area contributed by atoms with Crippen LogP contribution < -0.4 is 9.88 Å². The molecule has 1 aliphatic rings. The van der Waals surface area contributed by atoms with Crippen LogP contribution in [0, 0.1) is 38.5 Å². The monoisotopic (exact) mass is 568 g/mol. The van der Waals surface area contributed by atoms with Gasteiger partial charge in [-0.2, -0.15) is 4.57 Å². The zero-order chi connectivity index (χ0) is 31.0. The lowest BCUT2D eigenvalue weighted by Crippen LogP contribution is -2.47. The normalized spacial score (nSPS) is 15.9. The molecule has 0 aliphatic carbocycles. The summed E-state index contributed by atoms with van der Waals surface area (Å²) in [4.78, 5) is 10.4. The predicted molar refractivity (Wildman–Crippen MR) is 179 cm³/mol. The van der Waals surface area contributed by atoms with E-state index in [4.69, 9.17) is 9.98 Å². The van der Waals surface area contributed by atoms with Gasteiger partial charge in [0.1, 0.15) is 35.4 Å². The van der Waals surface area contributed by atoms with E-state index in [0.717, 1.165) is 36.5 Å². The lowest BCUT2D eigenvalue weighted by Gasteiger charge is -2.36.